The highest BCUT2D eigenvalue weighted by Crippen LogP contribution is 2.10. The predicted molar refractivity (Wildman–Crippen MR) is 51.7 cm³/mol. The fraction of sp³-hybridized carbons (Fsp3) is 0.778. The molecule has 0 saturated heterocycles. The normalized spacial score (nSPS) is 9.80. The highest BCUT2D eigenvalue weighted by atomic mass is 32.2. The van der Waals surface area contributed by atoms with Crippen LogP contribution < -0.4 is 0 Å². The first kappa shape index (κ1) is 10.1. The molecule has 0 aromatic carbocycles. The Bertz CT molecular complexity index is 86.7. The van der Waals surface area contributed by atoms with Crippen molar-refractivity contribution in [3.63, 3.8) is 0 Å². The number of hydrogen-bond donors (Lipinski definition) is 0. The van der Waals surface area contributed by atoms with Gasteiger partial charge in [0.2, 0.25) is 0 Å². The van der Waals surface area contributed by atoms with Gasteiger partial charge in [0.25, 0.3) is 0 Å². The van der Waals surface area contributed by atoms with Gasteiger partial charge in [-0.15, -0.1) is 0 Å². The second kappa shape index (κ2) is 7.20. The van der Waals surface area contributed by atoms with Crippen molar-refractivity contribution in [1.82, 2.24) is 0 Å². The molecule has 0 saturated carbocycles. The molecule has 0 aromatic rings. The minimum absolute atomic E-state index is 1.22. The lowest BCUT2D eigenvalue weighted by Crippen LogP contribution is -1.83. The molecule has 0 spiro atoms. The fourth-order valence-corrected chi connectivity index (χ4v) is 1.38. The molecule has 0 aliphatic carbocycles. The molecule has 0 unspecified atom stereocenters. The summed E-state index contributed by atoms with van der Waals surface area (Å²) in [5.41, 5.74) is 1.43. The summed E-state index contributed by atoms with van der Waals surface area (Å²) >= 11 is 1.92. The number of hydrogen-bond acceptors (Lipinski definition) is 1. The average Bonchev–Trinajstić information content (AvgIpc) is 1.89. The van der Waals surface area contributed by atoms with Crippen molar-refractivity contribution in [3.05, 3.63) is 12.2 Å². The summed E-state index contributed by atoms with van der Waals surface area (Å²) in [7, 11) is 0. The van der Waals surface area contributed by atoms with Gasteiger partial charge in [0, 0.05) is 0 Å². The van der Waals surface area contributed by atoms with Crippen molar-refractivity contribution in [2.24, 2.45) is 0 Å². The van der Waals surface area contributed by atoms with Crippen LogP contribution in [0.2, 0.25) is 0 Å². The first-order valence-electron chi connectivity index (χ1n) is 3.96. The van der Waals surface area contributed by atoms with Gasteiger partial charge >= 0.3 is 0 Å². The van der Waals surface area contributed by atoms with Crippen LogP contribution in [0.25, 0.3) is 0 Å². The lowest BCUT2D eigenvalue weighted by molar-refractivity contribution is 0.812. The monoisotopic (exact) mass is 158 g/mol. The Balaban J connectivity index is 3.05. The fourth-order valence-electron chi connectivity index (χ4n) is 0.945. The second-order valence-electron chi connectivity index (χ2n) is 2.60. The molecule has 0 aliphatic heterocycles. The van der Waals surface area contributed by atoms with E-state index in [1.54, 1.807) is 0 Å². The van der Waals surface area contributed by atoms with E-state index in [-0.39, 0.29) is 0 Å². The third kappa shape index (κ3) is 6.21. The van der Waals surface area contributed by atoms with Crippen molar-refractivity contribution in [2.45, 2.75) is 32.6 Å². The minimum Gasteiger partial charge on any atom is -0.165 e. The lowest BCUT2D eigenvalue weighted by Gasteiger charge is -2.01. The molecule has 0 amide bonds. The van der Waals surface area contributed by atoms with Crippen LogP contribution in [0.1, 0.15) is 32.6 Å². The van der Waals surface area contributed by atoms with E-state index in [4.69, 9.17) is 0 Å². The van der Waals surface area contributed by atoms with Crippen LogP contribution >= 0.6 is 11.8 Å². The summed E-state index contributed by atoms with van der Waals surface area (Å²) in [6.45, 7) is 6.22. The number of allylic oxidation sites excluding steroid dienone is 1. The van der Waals surface area contributed by atoms with E-state index in [0.717, 1.165) is 0 Å². The van der Waals surface area contributed by atoms with Crippen LogP contribution in [0.5, 0.6) is 0 Å². The Hall–Kier alpha value is 0.0900. The van der Waals surface area contributed by atoms with Gasteiger partial charge in [-0.1, -0.05) is 25.5 Å². The largest absolute Gasteiger partial charge is 0.165 e. The molecule has 60 valence electrons. The third-order valence-electron chi connectivity index (χ3n) is 1.48. The maximum Gasteiger partial charge on any atom is -0.00673 e. The zero-order valence-electron chi connectivity index (χ0n) is 7.15. The first-order valence-corrected chi connectivity index (χ1v) is 5.36. The molecule has 0 N–H and O–H groups in total. The molecule has 0 fully saturated rings. The van der Waals surface area contributed by atoms with Gasteiger partial charge in [-0.05, 0) is 31.3 Å². The standard InChI is InChI=1S/C9H18S/c1-4-6-9(2)7-5-8-10-3/h2,4-8H2,1,3H3. The first-order chi connectivity index (χ1) is 4.81. The smallest absolute Gasteiger partial charge is 0.00673 e. The van der Waals surface area contributed by atoms with Gasteiger partial charge in [0.1, 0.15) is 0 Å². The third-order valence-corrected chi connectivity index (χ3v) is 2.18. The summed E-state index contributed by atoms with van der Waals surface area (Å²) in [5.74, 6) is 1.28. The molecular weight excluding hydrogens is 140 g/mol. The van der Waals surface area contributed by atoms with Crippen molar-refractivity contribution in [2.75, 3.05) is 12.0 Å². The second-order valence-corrected chi connectivity index (χ2v) is 3.58. The lowest BCUT2D eigenvalue weighted by atomic mass is 10.1. The van der Waals surface area contributed by atoms with Gasteiger partial charge in [0.15, 0.2) is 0 Å². The molecule has 0 heterocycles. The Labute approximate surface area is 69.1 Å². The Morgan fingerprint density at radius 3 is 2.60 bits per heavy atom. The molecular formula is C9H18S. The van der Waals surface area contributed by atoms with Gasteiger partial charge in [-0.25, -0.2) is 0 Å². The van der Waals surface area contributed by atoms with Crippen molar-refractivity contribution < 1.29 is 0 Å². The van der Waals surface area contributed by atoms with Gasteiger partial charge < -0.3 is 0 Å². The minimum atomic E-state index is 1.22. The molecule has 10 heavy (non-hydrogen) atoms. The van der Waals surface area contributed by atoms with Crippen molar-refractivity contribution >= 4 is 11.8 Å². The van der Waals surface area contributed by atoms with Crippen LogP contribution in [-0.4, -0.2) is 12.0 Å². The summed E-state index contributed by atoms with van der Waals surface area (Å²) in [6, 6.07) is 0. The van der Waals surface area contributed by atoms with Crippen LogP contribution in [0, 0.1) is 0 Å². The average molecular weight is 158 g/mol. The van der Waals surface area contributed by atoms with E-state index in [9.17, 15) is 0 Å². The van der Waals surface area contributed by atoms with E-state index < -0.39 is 0 Å². The molecule has 0 aliphatic rings. The highest BCUT2D eigenvalue weighted by molar-refractivity contribution is 7.98. The van der Waals surface area contributed by atoms with Crippen molar-refractivity contribution in [3.8, 4) is 0 Å². The van der Waals surface area contributed by atoms with Crippen LogP contribution in [-0.2, 0) is 0 Å². The summed E-state index contributed by atoms with van der Waals surface area (Å²) < 4.78 is 0. The predicted octanol–water partition coefficient (Wildman–Crippen LogP) is 3.49. The summed E-state index contributed by atoms with van der Waals surface area (Å²) in [5, 5.41) is 0. The molecule has 0 atom stereocenters. The molecule has 0 bridgehead atoms. The van der Waals surface area contributed by atoms with E-state index in [0.29, 0.717) is 0 Å². The van der Waals surface area contributed by atoms with E-state index in [2.05, 4.69) is 19.8 Å². The van der Waals surface area contributed by atoms with Crippen LogP contribution in [0.4, 0.5) is 0 Å². The SMILES string of the molecule is C=C(CCC)CCCSC. The molecule has 1 heteroatoms. The molecule has 0 radical (unpaired) electrons. The van der Waals surface area contributed by atoms with Crippen LogP contribution in [0.3, 0.4) is 0 Å². The van der Waals surface area contributed by atoms with Gasteiger partial charge in [0.05, 0.1) is 0 Å². The van der Waals surface area contributed by atoms with E-state index in [1.165, 1.54) is 37.0 Å². The Morgan fingerprint density at radius 2 is 2.10 bits per heavy atom. The highest BCUT2D eigenvalue weighted by Gasteiger charge is 1.91. The van der Waals surface area contributed by atoms with Crippen LogP contribution in [0.15, 0.2) is 12.2 Å². The van der Waals surface area contributed by atoms with Crippen molar-refractivity contribution in [1.29, 1.82) is 0 Å². The van der Waals surface area contributed by atoms with Gasteiger partial charge in [-0.3, -0.25) is 0 Å². The van der Waals surface area contributed by atoms with Gasteiger partial charge in [-0.2, -0.15) is 11.8 Å². The maximum absolute atomic E-state index is 4.01. The topological polar surface area (TPSA) is 0 Å². The summed E-state index contributed by atoms with van der Waals surface area (Å²) in [4.78, 5) is 0. The number of rotatable bonds is 6. The molecule has 0 aromatic heterocycles. The molecule has 0 nitrogen and oxygen atoms in total. The summed E-state index contributed by atoms with van der Waals surface area (Å²) in [6.07, 6.45) is 7.16. The number of thioether (sulfide) groups is 1. The quantitative estimate of drug-likeness (QED) is 0.421. The van der Waals surface area contributed by atoms with E-state index in [1.807, 2.05) is 11.8 Å². The maximum atomic E-state index is 4.01. The zero-order chi connectivity index (χ0) is 7.82. The Morgan fingerprint density at radius 1 is 1.40 bits per heavy atom. The Kier molecular flexibility index (Phi) is 7.26. The zero-order valence-corrected chi connectivity index (χ0v) is 7.97. The van der Waals surface area contributed by atoms with E-state index >= 15 is 0 Å². The molecule has 0 rings (SSSR count).